The summed E-state index contributed by atoms with van der Waals surface area (Å²) >= 11 is 6.01. The zero-order chi connectivity index (χ0) is 19.4. The summed E-state index contributed by atoms with van der Waals surface area (Å²) < 4.78 is 5.64. The summed E-state index contributed by atoms with van der Waals surface area (Å²) in [6.07, 6.45) is 0.877. The number of aryl methyl sites for hydroxylation is 1. The minimum Gasteiger partial charge on any atom is -0.504 e. The lowest BCUT2D eigenvalue weighted by Gasteiger charge is -2.12. The monoisotopic (exact) mass is 376 g/mol. The maximum absolute atomic E-state index is 10.8. The molecule has 1 N–H and O–H groups in total. The molecule has 0 saturated heterocycles. The number of nitro groups is 1. The highest BCUT2D eigenvalue weighted by molar-refractivity contribution is 6.32. The first-order valence-electron chi connectivity index (χ1n) is 8.25. The van der Waals surface area contributed by atoms with E-state index in [1.807, 2.05) is 13.0 Å². The number of phenols is 1. The molecule has 0 spiro atoms. The molecule has 0 radical (unpaired) electrons. The first-order chi connectivity index (χ1) is 12.2. The van der Waals surface area contributed by atoms with Gasteiger partial charge in [0.2, 0.25) is 0 Å². The smallest absolute Gasteiger partial charge is 0.274 e. The minimum absolute atomic E-state index is 0.0238. The van der Waals surface area contributed by atoms with Gasteiger partial charge in [0, 0.05) is 11.8 Å². The van der Waals surface area contributed by atoms with Gasteiger partial charge in [-0.3, -0.25) is 15.1 Å². The van der Waals surface area contributed by atoms with E-state index < -0.39 is 10.7 Å². The van der Waals surface area contributed by atoms with Crippen LogP contribution in [0.5, 0.6) is 17.2 Å². The molecule has 138 valence electrons. The molecule has 0 amide bonds. The molecule has 0 fully saturated rings. The van der Waals surface area contributed by atoms with Crippen LogP contribution in [0.4, 0.5) is 11.4 Å². The van der Waals surface area contributed by atoms with Gasteiger partial charge in [0.05, 0.1) is 21.7 Å². The van der Waals surface area contributed by atoms with Crippen LogP contribution in [0, 0.1) is 23.0 Å². The van der Waals surface area contributed by atoms with E-state index in [2.05, 4.69) is 20.8 Å². The average Bonchev–Trinajstić information content (AvgIpc) is 2.56. The topological polar surface area (TPSA) is 85.0 Å². The highest BCUT2D eigenvalue weighted by Crippen LogP contribution is 2.41. The second kappa shape index (κ2) is 8.19. The van der Waals surface area contributed by atoms with Crippen LogP contribution in [0.25, 0.3) is 0 Å². The number of nitro benzene ring substituents is 1. The number of hydrogen-bond acceptors (Lipinski definition) is 5. The van der Waals surface area contributed by atoms with Crippen molar-refractivity contribution in [3.05, 3.63) is 51.0 Å². The van der Waals surface area contributed by atoms with Gasteiger partial charge in [-0.1, -0.05) is 32.4 Å². The van der Waals surface area contributed by atoms with Crippen LogP contribution in [0.2, 0.25) is 5.02 Å². The van der Waals surface area contributed by atoms with E-state index in [1.54, 1.807) is 12.1 Å². The molecule has 7 heteroatoms. The Morgan fingerprint density at radius 2 is 2.04 bits per heavy atom. The molecule has 2 aromatic rings. The molecule has 0 atom stereocenters. The van der Waals surface area contributed by atoms with Crippen LogP contribution >= 0.6 is 11.6 Å². The predicted octanol–water partition coefficient (Wildman–Crippen LogP) is 6.19. The largest absolute Gasteiger partial charge is 0.504 e. The van der Waals surface area contributed by atoms with Crippen LogP contribution in [0.15, 0.2) is 35.3 Å². The Hall–Kier alpha value is -2.60. The maximum Gasteiger partial charge on any atom is 0.274 e. The molecule has 2 rings (SSSR count). The predicted molar refractivity (Wildman–Crippen MR) is 103 cm³/mol. The Morgan fingerprint density at radius 3 is 2.54 bits per heavy atom. The van der Waals surface area contributed by atoms with Crippen molar-refractivity contribution in [1.82, 2.24) is 0 Å². The van der Waals surface area contributed by atoms with Crippen LogP contribution in [0.1, 0.15) is 32.8 Å². The number of phenolic OH excluding ortho intramolecular Hbond substituents is 1. The lowest BCUT2D eigenvalue weighted by molar-refractivity contribution is -0.384. The number of halogens is 1. The molecule has 6 nitrogen and oxygen atoms in total. The van der Waals surface area contributed by atoms with E-state index in [0.717, 1.165) is 35.5 Å². The van der Waals surface area contributed by atoms with Gasteiger partial charge in [-0.2, -0.15) is 0 Å². The highest BCUT2D eigenvalue weighted by Gasteiger charge is 2.17. The van der Waals surface area contributed by atoms with Gasteiger partial charge in [-0.25, -0.2) is 0 Å². The quantitative estimate of drug-likeness (QED) is 0.370. The van der Waals surface area contributed by atoms with Gasteiger partial charge in [0.1, 0.15) is 5.75 Å². The summed E-state index contributed by atoms with van der Waals surface area (Å²) in [6, 6.07) is 7.47. The number of nitrogens with zero attached hydrogens (tertiary/aromatic N) is 2. The van der Waals surface area contributed by atoms with E-state index in [0.29, 0.717) is 11.7 Å². The Kier molecular flexibility index (Phi) is 6.21. The van der Waals surface area contributed by atoms with Crippen molar-refractivity contribution in [3.63, 3.8) is 0 Å². The van der Waals surface area contributed by atoms with Crippen molar-refractivity contribution in [1.29, 1.82) is 0 Å². The molecule has 0 heterocycles. The Labute approximate surface area is 157 Å². The van der Waals surface area contributed by atoms with Crippen LogP contribution in [-0.4, -0.2) is 15.7 Å². The molecule has 0 aliphatic heterocycles. The van der Waals surface area contributed by atoms with Crippen molar-refractivity contribution in [3.8, 4) is 17.2 Å². The van der Waals surface area contributed by atoms with Crippen LogP contribution in [0.3, 0.4) is 0 Å². The van der Waals surface area contributed by atoms with Crippen LogP contribution in [-0.2, 0) is 0 Å². The summed E-state index contributed by atoms with van der Waals surface area (Å²) in [6.45, 7) is 8.20. The van der Waals surface area contributed by atoms with Crippen molar-refractivity contribution in [2.24, 2.45) is 10.9 Å². The number of aromatic hydroxyl groups is 1. The Morgan fingerprint density at radius 1 is 1.35 bits per heavy atom. The molecular weight excluding hydrogens is 356 g/mol. The lowest BCUT2D eigenvalue weighted by Crippen LogP contribution is -2.05. The van der Waals surface area contributed by atoms with Crippen molar-refractivity contribution < 1.29 is 14.8 Å². The Balaban J connectivity index is 2.32. The number of ether oxygens (including phenoxy) is 1. The zero-order valence-corrected chi connectivity index (χ0v) is 15.9. The second-order valence-electron chi connectivity index (χ2n) is 6.19. The third kappa shape index (κ3) is 4.52. The third-order valence-electron chi connectivity index (χ3n) is 3.90. The maximum atomic E-state index is 10.8. The van der Waals surface area contributed by atoms with Crippen LogP contribution < -0.4 is 4.74 Å². The van der Waals surface area contributed by atoms with Crippen molar-refractivity contribution in [2.75, 3.05) is 0 Å². The first-order valence-corrected chi connectivity index (χ1v) is 8.63. The summed E-state index contributed by atoms with van der Waals surface area (Å²) in [5.41, 5.74) is 2.56. The zero-order valence-electron chi connectivity index (χ0n) is 15.1. The number of rotatable bonds is 6. The molecule has 26 heavy (non-hydrogen) atoms. The van der Waals surface area contributed by atoms with E-state index in [-0.39, 0.29) is 16.5 Å². The van der Waals surface area contributed by atoms with Gasteiger partial charge >= 0.3 is 0 Å². The van der Waals surface area contributed by atoms with Gasteiger partial charge in [-0.05, 0) is 43.0 Å². The fourth-order valence-corrected chi connectivity index (χ4v) is 2.72. The van der Waals surface area contributed by atoms with Crippen molar-refractivity contribution in [2.45, 2.75) is 34.1 Å². The number of non-ortho nitro benzene ring substituents is 1. The van der Waals surface area contributed by atoms with Gasteiger partial charge in [0.25, 0.3) is 5.69 Å². The number of aliphatic imine (C=N–C) groups is 1. The fraction of sp³-hybridized carbons (Fsp3) is 0.316. The van der Waals surface area contributed by atoms with Gasteiger partial charge in [0.15, 0.2) is 11.5 Å². The second-order valence-corrected chi connectivity index (χ2v) is 6.60. The molecule has 0 saturated carbocycles. The lowest BCUT2D eigenvalue weighted by atomic mass is 10.1. The van der Waals surface area contributed by atoms with Crippen molar-refractivity contribution >= 4 is 28.7 Å². The molecule has 0 aliphatic rings. The molecule has 0 aliphatic carbocycles. The highest BCUT2D eigenvalue weighted by atomic mass is 35.5. The van der Waals surface area contributed by atoms with E-state index >= 15 is 0 Å². The normalized spacial score (nSPS) is 11.7. The molecule has 0 unspecified atom stereocenters. The first kappa shape index (κ1) is 19.7. The standard InChI is InChI=1S/C19H21ClN2O4/c1-5-16(11(2)3)21-17-7-6-14(8-12(17)4)26-19-15(20)9-13(22(24)25)10-18(19)23/h6-11,23H,5H2,1-4H3. The van der Waals surface area contributed by atoms with E-state index in [1.165, 1.54) is 0 Å². The SMILES string of the molecule is CCC(=Nc1ccc(Oc2c(O)cc([N+](=O)[O-])cc2Cl)cc1C)C(C)C. The minimum atomic E-state index is -0.633. The Bertz CT molecular complexity index is 840. The number of hydrogen-bond donors (Lipinski definition) is 1. The molecular formula is C19H21ClN2O4. The van der Waals surface area contributed by atoms with Gasteiger partial charge < -0.3 is 9.84 Å². The summed E-state index contributed by atoms with van der Waals surface area (Å²) in [7, 11) is 0. The summed E-state index contributed by atoms with van der Waals surface area (Å²) in [5.74, 6) is 0.405. The fourth-order valence-electron chi connectivity index (χ4n) is 2.48. The van der Waals surface area contributed by atoms with E-state index in [9.17, 15) is 15.2 Å². The van der Waals surface area contributed by atoms with Gasteiger partial charge in [-0.15, -0.1) is 0 Å². The average molecular weight is 377 g/mol. The third-order valence-corrected chi connectivity index (χ3v) is 4.18. The number of benzene rings is 2. The molecule has 0 bridgehead atoms. The van der Waals surface area contributed by atoms with E-state index in [4.69, 9.17) is 21.3 Å². The summed E-state index contributed by atoms with van der Waals surface area (Å²) in [5, 5.41) is 20.7. The summed E-state index contributed by atoms with van der Waals surface area (Å²) in [4.78, 5) is 14.9. The molecule has 2 aromatic carbocycles. The molecule has 0 aromatic heterocycles.